The molecule has 0 aromatic carbocycles. The smallest absolute Gasteiger partial charge is 0.320 e. The predicted octanol–water partition coefficient (Wildman–Crippen LogP) is -0.855. The Morgan fingerprint density at radius 2 is 0.720 bits per heavy atom. The van der Waals surface area contributed by atoms with Crippen molar-refractivity contribution >= 4 is 12.1 Å². The van der Waals surface area contributed by atoms with Gasteiger partial charge in [-0.15, -0.1) is 0 Å². The molecule has 0 aliphatic carbocycles. The number of aliphatic hydroxyl groups is 2. The first-order valence-corrected chi connectivity index (χ1v) is 20.1. The number of rotatable bonds is 12. The Labute approximate surface area is 302 Å². The van der Waals surface area contributed by atoms with E-state index in [0.29, 0.717) is 13.1 Å². The fraction of sp³-hybridized carbons (Fsp3) is 0.944. The molecule has 2 spiro atoms. The van der Waals surface area contributed by atoms with E-state index < -0.39 is 0 Å². The summed E-state index contributed by atoms with van der Waals surface area (Å²) in [6.07, 6.45) is -0.704. The molecule has 0 aromatic heterocycles. The number of hydrogen-bond acceptors (Lipinski definition) is 8. The van der Waals surface area contributed by atoms with Crippen molar-refractivity contribution < 1.29 is 28.8 Å². The van der Waals surface area contributed by atoms with E-state index in [-0.39, 0.29) is 24.3 Å². The van der Waals surface area contributed by atoms with Gasteiger partial charge in [-0.3, -0.25) is 19.6 Å². The zero-order valence-corrected chi connectivity index (χ0v) is 32.1. The van der Waals surface area contributed by atoms with Crippen molar-refractivity contribution in [3.05, 3.63) is 0 Å². The Kier molecular flexibility index (Phi) is 14.4. The van der Waals surface area contributed by atoms with E-state index in [1.165, 1.54) is 61.3 Å². The van der Waals surface area contributed by atoms with Gasteiger partial charge in [0.2, 0.25) is 0 Å². The highest BCUT2D eigenvalue weighted by molar-refractivity contribution is 5.75. The number of aliphatic hydroxyl groups excluding tert-OH is 2. The highest BCUT2D eigenvalue weighted by atomic mass is 16.3. The molecule has 2 atom stereocenters. The van der Waals surface area contributed by atoms with Crippen molar-refractivity contribution in [2.24, 2.45) is 0 Å². The van der Waals surface area contributed by atoms with E-state index in [0.717, 1.165) is 118 Å². The Morgan fingerprint density at radius 1 is 0.460 bits per heavy atom. The van der Waals surface area contributed by atoms with Gasteiger partial charge >= 0.3 is 12.1 Å². The maximum atomic E-state index is 12.7. The minimum absolute atomic E-state index is 0.146. The van der Waals surface area contributed by atoms with E-state index in [9.17, 15) is 19.8 Å². The van der Waals surface area contributed by atoms with Gasteiger partial charge in [-0.1, -0.05) is 0 Å². The summed E-state index contributed by atoms with van der Waals surface area (Å²) < 4.78 is 2.48. The van der Waals surface area contributed by atoms with Crippen LogP contribution in [0.1, 0.15) is 27.7 Å². The van der Waals surface area contributed by atoms with Gasteiger partial charge in [-0.25, -0.2) is 9.59 Å². The minimum Gasteiger partial charge on any atom is -0.390 e. The number of amides is 4. The second-order valence-corrected chi connectivity index (χ2v) is 15.9. The lowest BCUT2D eigenvalue weighted by atomic mass is 10.1. The highest BCUT2D eigenvalue weighted by Gasteiger charge is 2.45. The van der Waals surface area contributed by atoms with Crippen LogP contribution < -0.4 is 0 Å². The Bertz CT molecular complexity index is 951. The number of nitrogens with zero attached hydrogens (tertiary/aromatic N) is 10. The first-order chi connectivity index (χ1) is 24.1. The quantitative estimate of drug-likeness (QED) is 0.253. The van der Waals surface area contributed by atoms with Crippen LogP contribution in [0.25, 0.3) is 0 Å². The zero-order chi connectivity index (χ0) is 35.7. The van der Waals surface area contributed by atoms with Crippen LogP contribution in [0.4, 0.5) is 9.59 Å². The van der Waals surface area contributed by atoms with Crippen LogP contribution >= 0.6 is 0 Å². The average molecular weight is 709 g/mol. The maximum Gasteiger partial charge on any atom is 0.320 e. The average Bonchev–Trinajstić information content (AvgIpc) is 3.13. The topological polar surface area (TPSA) is 101 Å². The van der Waals surface area contributed by atoms with Gasteiger partial charge < -0.3 is 38.8 Å². The molecule has 0 unspecified atom stereocenters. The summed E-state index contributed by atoms with van der Waals surface area (Å²) in [4.78, 5) is 42.6. The Hall–Kier alpha value is -1.78. The normalized spacial score (nSPS) is 25.2. The Morgan fingerprint density at radius 3 is 0.980 bits per heavy atom. The number of quaternary nitrogens is 2. The molecule has 5 fully saturated rings. The summed E-state index contributed by atoms with van der Waals surface area (Å²) in [6, 6.07) is 0.291. The molecule has 50 heavy (non-hydrogen) atoms. The van der Waals surface area contributed by atoms with Gasteiger partial charge in [-0.2, -0.15) is 0 Å². The second-order valence-electron chi connectivity index (χ2n) is 15.9. The molecule has 0 bridgehead atoms. The largest absolute Gasteiger partial charge is 0.390 e. The molecule has 14 heteroatoms. The molecule has 0 radical (unpaired) electrons. The molecular weight excluding hydrogens is 636 g/mol. The molecule has 0 saturated carbocycles. The molecule has 288 valence electrons. The third-order valence-corrected chi connectivity index (χ3v) is 12.9. The fourth-order valence-electron chi connectivity index (χ4n) is 9.13. The van der Waals surface area contributed by atoms with E-state index in [1.807, 2.05) is 47.3 Å². The van der Waals surface area contributed by atoms with Gasteiger partial charge in [0.1, 0.15) is 26.2 Å². The number of β-amino-alcohol motifs (C(OH)–C–C–N with tert-alkyl or cyclic N) is 2. The third-order valence-electron chi connectivity index (χ3n) is 12.9. The molecule has 5 rings (SSSR count). The summed E-state index contributed by atoms with van der Waals surface area (Å²) in [5, 5.41) is 21.9. The van der Waals surface area contributed by atoms with Gasteiger partial charge in [0, 0.05) is 131 Å². The number of carbonyl (C=O) groups excluding carboxylic acids is 2. The molecular formula is C36H72N10O4+2. The molecule has 5 aliphatic heterocycles. The molecule has 4 amide bonds. The lowest BCUT2D eigenvalue weighted by Gasteiger charge is -2.54. The number of piperazine rings is 5. The standard InChI is InChI=1S/C36H72N10O4/c1-5-41(6-2)35(49)43-13-9-37(10-14-43)29-33(47)31-39-17-21-45(22-18-39)25-27-46(28-26-45)23-19-40(20-24-46)32-34(48)30-38-11-15-44(16-12-38)36(50)42(7-3)8-4/h33-34,47-48H,5-32H2,1-4H3/q+2/t33-,34-/m0/s1. The summed E-state index contributed by atoms with van der Waals surface area (Å²) >= 11 is 0. The van der Waals surface area contributed by atoms with E-state index in [2.05, 4.69) is 19.6 Å². The van der Waals surface area contributed by atoms with Crippen LogP contribution in [0, 0.1) is 0 Å². The molecule has 14 nitrogen and oxygen atoms in total. The summed E-state index contributed by atoms with van der Waals surface area (Å²) in [5.74, 6) is 0. The van der Waals surface area contributed by atoms with Gasteiger partial charge in [0.05, 0.1) is 38.4 Å². The van der Waals surface area contributed by atoms with Crippen LogP contribution in [0.3, 0.4) is 0 Å². The second kappa shape index (κ2) is 18.3. The lowest BCUT2D eigenvalue weighted by Crippen LogP contribution is -2.73. The number of carbonyl (C=O) groups is 2. The molecule has 0 aromatic rings. The number of hydrogen-bond donors (Lipinski definition) is 2. The van der Waals surface area contributed by atoms with Crippen molar-refractivity contribution in [3.63, 3.8) is 0 Å². The van der Waals surface area contributed by atoms with E-state index in [1.54, 1.807) is 0 Å². The fourth-order valence-corrected chi connectivity index (χ4v) is 9.13. The van der Waals surface area contributed by atoms with Crippen LogP contribution in [0.15, 0.2) is 0 Å². The van der Waals surface area contributed by atoms with Gasteiger partial charge in [-0.05, 0) is 27.7 Å². The first kappa shape index (κ1) is 39.4. The van der Waals surface area contributed by atoms with Crippen molar-refractivity contribution in [3.8, 4) is 0 Å². The third kappa shape index (κ3) is 10.2. The predicted molar refractivity (Wildman–Crippen MR) is 197 cm³/mol. The summed E-state index contributed by atoms with van der Waals surface area (Å²) in [5.41, 5.74) is 0. The van der Waals surface area contributed by atoms with Crippen LogP contribution in [-0.2, 0) is 0 Å². The van der Waals surface area contributed by atoms with Crippen molar-refractivity contribution in [1.29, 1.82) is 0 Å². The lowest BCUT2D eigenvalue weighted by molar-refractivity contribution is -1.03. The summed E-state index contributed by atoms with van der Waals surface area (Å²) in [7, 11) is 0. The molecule has 2 N–H and O–H groups in total. The summed E-state index contributed by atoms with van der Waals surface area (Å²) in [6.45, 7) is 34.4. The van der Waals surface area contributed by atoms with Crippen LogP contribution in [-0.4, -0.2) is 266 Å². The Balaban J connectivity index is 0.939. The minimum atomic E-state index is -0.352. The van der Waals surface area contributed by atoms with Gasteiger partial charge in [0.15, 0.2) is 0 Å². The molecule has 5 heterocycles. The van der Waals surface area contributed by atoms with Crippen LogP contribution in [0.5, 0.6) is 0 Å². The van der Waals surface area contributed by atoms with E-state index >= 15 is 0 Å². The van der Waals surface area contributed by atoms with Crippen molar-refractivity contribution in [1.82, 2.24) is 39.2 Å². The zero-order valence-electron chi connectivity index (χ0n) is 32.1. The first-order valence-electron chi connectivity index (χ1n) is 20.1. The van der Waals surface area contributed by atoms with Crippen molar-refractivity contribution in [2.45, 2.75) is 39.9 Å². The maximum absolute atomic E-state index is 12.7. The molecule has 5 saturated heterocycles. The monoisotopic (exact) mass is 709 g/mol. The van der Waals surface area contributed by atoms with Crippen LogP contribution in [0.2, 0.25) is 0 Å². The highest BCUT2D eigenvalue weighted by Crippen LogP contribution is 2.24. The number of urea groups is 2. The van der Waals surface area contributed by atoms with Gasteiger partial charge in [0.25, 0.3) is 0 Å². The molecule has 5 aliphatic rings. The van der Waals surface area contributed by atoms with Crippen molar-refractivity contribution in [2.75, 3.05) is 183 Å². The van der Waals surface area contributed by atoms with E-state index in [4.69, 9.17) is 0 Å². The SMILES string of the molecule is CCN(CC)C(=O)N1CCN(C[C@H](O)CN2CC[N+]3(CC2)CC[N+]2(CCN(C[C@@H](O)CN4CCN(C(=O)N(CC)CC)CC4)CC2)CC3)CC1.